The lowest BCUT2D eigenvalue weighted by molar-refractivity contribution is -0.148. The average molecular weight is 156 g/mol. The van der Waals surface area contributed by atoms with Gasteiger partial charge in [-0.25, -0.2) is 4.79 Å². The van der Waals surface area contributed by atoms with Crippen molar-refractivity contribution >= 4 is 5.97 Å². The van der Waals surface area contributed by atoms with Gasteiger partial charge in [-0.05, 0) is 21.0 Å². The number of hydrogen-bond acceptors (Lipinski definition) is 3. The van der Waals surface area contributed by atoms with Gasteiger partial charge >= 0.3 is 5.97 Å². The van der Waals surface area contributed by atoms with E-state index in [-0.39, 0.29) is 0 Å². The minimum absolute atomic E-state index is 0.389. The maximum absolute atomic E-state index is 10.9. The number of carbonyl (C=O) groups excluding carboxylic acids is 1. The molecule has 0 heterocycles. The molecular weight excluding hydrogens is 142 g/mol. The molecule has 0 bridgehead atoms. The molecular formula is C8H14NO2. The van der Waals surface area contributed by atoms with Gasteiger partial charge in [-0.2, -0.15) is 0 Å². The molecule has 1 atom stereocenters. The Hall–Kier alpha value is -0.830. The topological polar surface area (TPSA) is 29.5 Å². The van der Waals surface area contributed by atoms with E-state index in [0.717, 1.165) is 0 Å². The van der Waals surface area contributed by atoms with E-state index in [0.29, 0.717) is 5.57 Å². The molecule has 0 N–H and O–H groups in total. The van der Waals surface area contributed by atoms with Gasteiger partial charge in [-0.15, -0.1) is 0 Å². The zero-order chi connectivity index (χ0) is 9.02. The number of hydrogen-bond donors (Lipinski definition) is 0. The SMILES string of the molecule is [CH2]C(OC(=O)C(=C)C)N(C)C. The Morgan fingerprint density at radius 2 is 2.00 bits per heavy atom. The zero-order valence-corrected chi connectivity index (χ0v) is 7.26. The highest BCUT2D eigenvalue weighted by atomic mass is 16.6. The van der Waals surface area contributed by atoms with E-state index < -0.39 is 12.2 Å². The molecule has 3 nitrogen and oxygen atoms in total. The molecule has 0 aliphatic carbocycles. The van der Waals surface area contributed by atoms with Crippen molar-refractivity contribution in [3.8, 4) is 0 Å². The van der Waals surface area contributed by atoms with Crippen LogP contribution in [0.25, 0.3) is 0 Å². The lowest BCUT2D eigenvalue weighted by Gasteiger charge is -2.19. The van der Waals surface area contributed by atoms with Crippen molar-refractivity contribution in [2.75, 3.05) is 14.1 Å². The van der Waals surface area contributed by atoms with E-state index >= 15 is 0 Å². The molecule has 1 unspecified atom stereocenters. The predicted octanol–water partition coefficient (Wildman–Crippen LogP) is 0.827. The van der Waals surface area contributed by atoms with Gasteiger partial charge in [0.15, 0.2) is 6.23 Å². The molecule has 3 heteroatoms. The number of rotatable bonds is 3. The Kier molecular flexibility index (Phi) is 3.82. The fourth-order valence-electron chi connectivity index (χ4n) is 0.330. The summed E-state index contributed by atoms with van der Waals surface area (Å²) in [4.78, 5) is 12.6. The summed E-state index contributed by atoms with van der Waals surface area (Å²) in [6.45, 7) is 8.65. The molecule has 0 amide bonds. The van der Waals surface area contributed by atoms with Gasteiger partial charge in [0.2, 0.25) is 0 Å². The summed E-state index contributed by atoms with van der Waals surface area (Å²) in [7, 11) is 3.56. The molecule has 0 aliphatic rings. The maximum atomic E-state index is 10.9. The smallest absolute Gasteiger partial charge is 0.334 e. The lowest BCUT2D eigenvalue weighted by atomic mass is 10.4. The third-order valence-corrected chi connectivity index (χ3v) is 1.17. The van der Waals surface area contributed by atoms with Gasteiger partial charge in [0.1, 0.15) is 0 Å². The van der Waals surface area contributed by atoms with Gasteiger partial charge < -0.3 is 4.74 Å². The lowest BCUT2D eigenvalue weighted by Crippen LogP contribution is -2.30. The third-order valence-electron chi connectivity index (χ3n) is 1.17. The highest BCUT2D eigenvalue weighted by Gasteiger charge is 2.10. The fraction of sp³-hybridized carbons (Fsp3) is 0.500. The Bertz CT molecular complexity index is 163. The number of carbonyl (C=O) groups is 1. The van der Waals surface area contributed by atoms with Gasteiger partial charge in [-0.1, -0.05) is 6.58 Å². The van der Waals surface area contributed by atoms with E-state index in [1.54, 1.807) is 25.9 Å². The van der Waals surface area contributed by atoms with Gasteiger partial charge in [0.05, 0.1) is 0 Å². The van der Waals surface area contributed by atoms with E-state index in [2.05, 4.69) is 13.5 Å². The standard InChI is InChI=1S/C8H14NO2/c1-6(2)8(10)11-7(3)9(4)5/h7H,1,3H2,2,4-5H3. The Balaban J connectivity index is 3.85. The first-order chi connectivity index (χ1) is 4.95. The van der Waals surface area contributed by atoms with Crippen LogP contribution >= 0.6 is 0 Å². The van der Waals surface area contributed by atoms with Crippen LogP contribution < -0.4 is 0 Å². The van der Waals surface area contributed by atoms with E-state index in [9.17, 15) is 4.79 Å². The second-order valence-electron chi connectivity index (χ2n) is 2.60. The summed E-state index contributed by atoms with van der Waals surface area (Å²) < 4.78 is 4.85. The highest BCUT2D eigenvalue weighted by Crippen LogP contribution is 1.98. The number of esters is 1. The van der Waals surface area contributed by atoms with Crippen LogP contribution in [0.1, 0.15) is 6.92 Å². The van der Waals surface area contributed by atoms with Crippen molar-refractivity contribution in [1.29, 1.82) is 0 Å². The van der Waals surface area contributed by atoms with Crippen LogP contribution in [0, 0.1) is 6.92 Å². The van der Waals surface area contributed by atoms with Gasteiger partial charge in [0, 0.05) is 12.5 Å². The minimum Gasteiger partial charge on any atom is -0.443 e. The predicted molar refractivity (Wildman–Crippen MR) is 43.7 cm³/mol. The van der Waals surface area contributed by atoms with Crippen LogP contribution in [0.4, 0.5) is 0 Å². The van der Waals surface area contributed by atoms with Crippen LogP contribution in [-0.4, -0.2) is 31.2 Å². The molecule has 0 saturated heterocycles. The van der Waals surface area contributed by atoms with Crippen LogP contribution in [0.15, 0.2) is 12.2 Å². The van der Waals surface area contributed by atoms with Crippen LogP contribution in [0.3, 0.4) is 0 Å². The van der Waals surface area contributed by atoms with Crippen molar-refractivity contribution in [3.63, 3.8) is 0 Å². The minimum atomic E-state index is -0.445. The van der Waals surface area contributed by atoms with E-state index in [1.165, 1.54) is 0 Å². The quantitative estimate of drug-likeness (QED) is 0.344. The Morgan fingerprint density at radius 3 is 2.27 bits per heavy atom. The van der Waals surface area contributed by atoms with E-state index in [1.807, 2.05) is 0 Å². The first-order valence-electron chi connectivity index (χ1n) is 3.31. The normalized spacial score (nSPS) is 12.8. The molecule has 0 aromatic heterocycles. The van der Waals surface area contributed by atoms with Crippen molar-refractivity contribution < 1.29 is 9.53 Å². The third kappa shape index (κ3) is 3.78. The summed E-state index contributed by atoms with van der Waals surface area (Å²) in [6, 6.07) is 0. The molecule has 0 fully saturated rings. The van der Waals surface area contributed by atoms with Crippen molar-refractivity contribution in [2.24, 2.45) is 0 Å². The summed E-state index contributed by atoms with van der Waals surface area (Å²) in [5, 5.41) is 0. The monoisotopic (exact) mass is 156 g/mol. The highest BCUT2D eigenvalue weighted by molar-refractivity contribution is 5.87. The van der Waals surface area contributed by atoms with Crippen LogP contribution in [0.5, 0.6) is 0 Å². The first-order valence-corrected chi connectivity index (χ1v) is 3.31. The molecule has 0 aliphatic heterocycles. The van der Waals surface area contributed by atoms with Crippen LogP contribution in [0.2, 0.25) is 0 Å². The number of ether oxygens (including phenoxy) is 1. The first kappa shape index (κ1) is 10.2. The average Bonchev–Trinajstić information content (AvgIpc) is 1.87. The Morgan fingerprint density at radius 1 is 1.55 bits per heavy atom. The zero-order valence-electron chi connectivity index (χ0n) is 7.26. The van der Waals surface area contributed by atoms with Crippen LogP contribution in [-0.2, 0) is 9.53 Å². The van der Waals surface area contributed by atoms with Gasteiger partial charge in [0.25, 0.3) is 0 Å². The van der Waals surface area contributed by atoms with E-state index in [4.69, 9.17) is 4.74 Å². The van der Waals surface area contributed by atoms with Crippen molar-refractivity contribution in [2.45, 2.75) is 13.2 Å². The summed E-state index contributed by atoms with van der Waals surface area (Å²) in [5.74, 6) is -0.404. The molecule has 11 heavy (non-hydrogen) atoms. The molecule has 0 rings (SSSR count). The molecule has 0 spiro atoms. The molecule has 0 aromatic rings. The number of nitrogens with zero attached hydrogens (tertiary/aromatic N) is 1. The summed E-state index contributed by atoms with van der Waals surface area (Å²) in [6.07, 6.45) is -0.445. The fourth-order valence-corrected chi connectivity index (χ4v) is 0.330. The second kappa shape index (κ2) is 4.13. The van der Waals surface area contributed by atoms with Crippen molar-refractivity contribution in [1.82, 2.24) is 4.90 Å². The Labute approximate surface area is 67.6 Å². The largest absolute Gasteiger partial charge is 0.443 e. The molecule has 0 aromatic carbocycles. The summed E-state index contributed by atoms with van der Waals surface area (Å²) >= 11 is 0. The van der Waals surface area contributed by atoms with Crippen molar-refractivity contribution in [3.05, 3.63) is 19.1 Å². The van der Waals surface area contributed by atoms with Gasteiger partial charge in [-0.3, -0.25) is 4.90 Å². The molecule has 63 valence electrons. The molecule has 1 radical (unpaired) electrons. The maximum Gasteiger partial charge on any atom is 0.334 e. The molecule has 0 saturated carbocycles. The second-order valence-corrected chi connectivity index (χ2v) is 2.60. The summed E-state index contributed by atoms with van der Waals surface area (Å²) in [5.41, 5.74) is 0.389.